The van der Waals surface area contributed by atoms with E-state index in [0.717, 1.165) is 11.1 Å². The van der Waals surface area contributed by atoms with Crippen LogP contribution in [0.2, 0.25) is 0 Å². The van der Waals surface area contributed by atoms with Gasteiger partial charge in [0, 0.05) is 6.54 Å². The average molecular weight is 274 g/mol. The van der Waals surface area contributed by atoms with Gasteiger partial charge in [0.1, 0.15) is 11.9 Å². The minimum Gasteiger partial charge on any atom is -0.480 e. The van der Waals surface area contributed by atoms with Crippen LogP contribution in [0.3, 0.4) is 0 Å². The first-order valence-electron chi connectivity index (χ1n) is 4.51. The highest BCUT2D eigenvalue weighted by Crippen LogP contribution is 2.24. The van der Waals surface area contributed by atoms with E-state index in [1.165, 1.54) is 6.07 Å². The van der Waals surface area contributed by atoms with Crippen molar-refractivity contribution in [2.24, 2.45) is 0 Å². The third-order valence-corrected chi connectivity index (χ3v) is 3.11. The van der Waals surface area contributed by atoms with Crippen molar-refractivity contribution in [3.8, 4) is 0 Å². The summed E-state index contributed by atoms with van der Waals surface area (Å²) in [4.78, 5) is 10.8. The molecule has 2 rings (SSSR count). The minimum atomic E-state index is -0.874. The van der Waals surface area contributed by atoms with Crippen LogP contribution in [0, 0.1) is 5.82 Å². The zero-order valence-corrected chi connectivity index (χ0v) is 9.34. The second kappa shape index (κ2) is 3.90. The van der Waals surface area contributed by atoms with Gasteiger partial charge in [0.2, 0.25) is 0 Å². The minimum absolute atomic E-state index is 0.315. The zero-order valence-electron chi connectivity index (χ0n) is 7.76. The van der Waals surface area contributed by atoms with Crippen molar-refractivity contribution in [2.45, 2.75) is 19.0 Å². The Bertz CT molecular complexity index is 422. The van der Waals surface area contributed by atoms with Gasteiger partial charge in [-0.25, -0.2) is 4.39 Å². The number of benzene rings is 1. The molecule has 0 fully saturated rings. The van der Waals surface area contributed by atoms with Gasteiger partial charge >= 0.3 is 5.97 Å². The molecule has 1 aromatic carbocycles. The summed E-state index contributed by atoms with van der Waals surface area (Å²) in [5.74, 6) is -1.19. The summed E-state index contributed by atoms with van der Waals surface area (Å²) in [7, 11) is 0. The van der Waals surface area contributed by atoms with Crippen LogP contribution in [-0.4, -0.2) is 17.1 Å². The van der Waals surface area contributed by atoms with Crippen LogP contribution in [0.1, 0.15) is 11.1 Å². The molecule has 0 spiro atoms. The Morgan fingerprint density at radius 1 is 1.53 bits per heavy atom. The summed E-state index contributed by atoms with van der Waals surface area (Å²) in [6, 6.07) is 2.52. The van der Waals surface area contributed by atoms with E-state index in [9.17, 15) is 9.18 Å². The van der Waals surface area contributed by atoms with Gasteiger partial charge in [-0.05, 0) is 45.6 Å². The van der Waals surface area contributed by atoms with E-state index in [0.29, 0.717) is 17.4 Å². The van der Waals surface area contributed by atoms with Crippen LogP contribution in [0.5, 0.6) is 0 Å². The fourth-order valence-electron chi connectivity index (χ4n) is 1.68. The molecule has 1 heterocycles. The Morgan fingerprint density at radius 2 is 2.27 bits per heavy atom. The molecular weight excluding hydrogens is 265 g/mol. The Morgan fingerprint density at radius 3 is 2.93 bits per heavy atom. The lowest BCUT2D eigenvalue weighted by molar-refractivity contribution is -0.139. The maximum absolute atomic E-state index is 13.2. The lowest BCUT2D eigenvalue weighted by Crippen LogP contribution is -2.41. The van der Waals surface area contributed by atoms with Crippen molar-refractivity contribution in [1.82, 2.24) is 5.32 Å². The summed E-state index contributed by atoms with van der Waals surface area (Å²) in [5, 5.41) is 11.7. The lowest BCUT2D eigenvalue weighted by Gasteiger charge is -2.23. The molecule has 5 heteroatoms. The van der Waals surface area contributed by atoms with Gasteiger partial charge in [-0.15, -0.1) is 0 Å². The number of carboxylic acids is 1. The molecule has 0 radical (unpaired) electrons. The predicted octanol–water partition coefficient (Wildman–Crippen LogP) is 1.69. The van der Waals surface area contributed by atoms with Crippen molar-refractivity contribution >= 4 is 21.9 Å². The Labute approximate surface area is 94.4 Å². The summed E-state index contributed by atoms with van der Waals surface area (Å²) >= 11 is 3.09. The SMILES string of the molecule is O=C(O)C1Cc2cc(Br)c(F)cc2CN1. The van der Waals surface area contributed by atoms with E-state index in [2.05, 4.69) is 21.2 Å². The number of carboxylic acid groups (broad SMARTS) is 1. The molecular formula is C10H9BrFNO2. The number of nitrogens with one attached hydrogen (secondary N) is 1. The van der Waals surface area contributed by atoms with Gasteiger partial charge in [0.05, 0.1) is 4.47 Å². The number of fused-ring (bicyclic) bond motifs is 1. The number of rotatable bonds is 1. The molecule has 0 aliphatic carbocycles. The Hall–Kier alpha value is -0.940. The predicted molar refractivity (Wildman–Crippen MR) is 56.1 cm³/mol. The number of halogens is 2. The van der Waals surface area contributed by atoms with E-state index in [1.54, 1.807) is 6.07 Å². The maximum Gasteiger partial charge on any atom is 0.321 e. The largest absolute Gasteiger partial charge is 0.480 e. The number of carbonyl (C=O) groups is 1. The summed E-state index contributed by atoms with van der Waals surface area (Å²) in [6.07, 6.45) is 0.392. The molecule has 1 atom stereocenters. The van der Waals surface area contributed by atoms with E-state index >= 15 is 0 Å². The van der Waals surface area contributed by atoms with E-state index in [-0.39, 0.29) is 5.82 Å². The maximum atomic E-state index is 13.2. The highest BCUT2D eigenvalue weighted by molar-refractivity contribution is 9.10. The van der Waals surface area contributed by atoms with Crippen molar-refractivity contribution < 1.29 is 14.3 Å². The highest BCUT2D eigenvalue weighted by Gasteiger charge is 2.24. The molecule has 1 aromatic rings. The first kappa shape index (κ1) is 10.6. The second-order valence-electron chi connectivity index (χ2n) is 3.51. The quantitative estimate of drug-likeness (QED) is 0.819. The standard InChI is InChI=1S/C10H9BrFNO2/c11-7-1-5-3-9(10(14)15)13-4-6(5)2-8(7)12/h1-2,9,13H,3-4H2,(H,14,15). The zero-order chi connectivity index (χ0) is 11.0. The monoisotopic (exact) mass is 273 g/mol. The van der Waals surface area contributed by atoms with Gasteiger partial charge in [-0.1, -0.05) is 0 Å². The van der Waals surface area contributed by atoms with Gasteiger partial charge in [-0.3, -0.25) is 4.79 Å². The molecule has 2 N–H and O–H groups in total. The van der Waals surface area contributed by atoms with E-state index in [4.69, 9.17) is 5.11 Å². The van der Waals surface area contributed by atoms with Gasteiger partial charge in [-0.2, -0.15) is 0 Å². The molecule has 1 aliphatic heterocycles. The van der Waals surface area contributed by atoms with Gasteiger partial charge in [0.15, 0.2) is 0 Å². The fraction of sp³-hybridized carbons (Fsp3) is 0.300. The number of hydrogen-bond acceptors (Lipinski definition) is 2. The fourth-order valence-corrected chi connectivity index (χ4v) is 2.07. The number of aliphatic carboxylic acids is 1. The molecule has 0 aromatic heterocycles. The third-order valence-electron chi connectivity index (χ3n) is 2.50. The Balaban J connectivity index is 2.34. The van der Waals surface area contributed by atoms with Crippen molar-refractivity contribution in [2.75, 3.05) is 0 Å². The second-order valence-corrected chi connectivity index (χ2v) is 4.37. The van der Waals surface area contributed by atoms with E-state index < -0.39 is 12.0 Å². The molecule has 0 saturated heterocycles. The summed E-state index contributed by atoms with van der Waals surface area (Å²) < 4.78 is 13.6. The third kappa shape index (κ3) is 2.03. The molecule has 0 saturated carbocycles. The van der Waals surface area contributed by atoms with Gasteiger partial charge < -0.3 is 10.4 Å². The molecule has 0 bridgehead atoms. The number of hydrogen-bond donors (Lipinski definition) is 2. The van der Waals surface area contributed by atoms with Crippen molar-refractivity contribution in [3.63, 3.8) is 0 Å². The van der Waals surface area contributed by atoms with E-state index in [1.807, 2.05) is 0 Å². The first-order chi connectivity index (χ1) is 7.08. The normalized spacial score (nSPS) is 19.7. The molecule has 1 aliphatic rings. The Kier molecular flexibility index (Phi) is 2.75. The average Bonchev–Trinajstić information content (AvgIpc) is 2.19. The molecule has 1 unspecified atom stereocenters. The van der Waals surface area contributed by atoms with Crippen LogP contribution in [0.4, 0.5) is 4.39 Å². The van der Waals surface area contributed by atoms with Crippen LogP contribution in [0.25, 0.3) is 0 Å². The molecule has 80 valence electrons. The smallest absolute Gasteiger partial charge is 0.321 e. The van der Waals surface area contributed by atoms with Crippen molar-refractivity contribution in [3.05, 3.63) is 33.5 Å². The lowest BCUT2D eigenvalue weighted by atomic mass is 9.96. The summed E-state index contributed by atoms with van der Waals surface area (Å²) in [6.45, 7) is 0.399. The molecule has 0 amide bonds. The van der Waals surface area contributed by atoms with Crippen LogP contribution >= 0.6 is 15.9 Å². The summed E-state index contributed by atoms with van der Waals surface area (Å²) in [5.41, 5.74) is 1.71. The molecule has 15 heavy (non-hydrogen) atoms. The van der Waals surface area contributed by atoms with Crippen LogP contribution < -0.4 is 5.32 Å². The van der Waals surface area contributed by atoms with Crippen LogP contribution in [-0.2, 0) is 17.8 Å². The van der Waals surface area contributed by atoms with Gasteiger partial charge in [0.25, 0.3) is 0 Å². The van der Waals surface area contributed by atoms with Crippen LogP contribution in [0.15, 0.2) is 16.6 Å². The topological polar surface area (TPSA) is 49.3 Å². The first-order valence-corrected chi connectivity index (χ1v) is 5.30. The van der Waals surface area contributed by atoms with Crippen molar-refractivity contribution in [1.29, 1.82) is 0 Å². The highest BCUT2D eigenvalue weighted by atomic mass is 79.9. The molecule has 3 nitrogen and oxygen atoms in total.